The molecule has 0 aromatic heterocycles. The van der Waals surface area contributed by atoms with Crippen LogP contribution in [0.25, 0.3) is 0 Å². The van der Waals surface area contributed by atoms with E-state index < -0.39 is 97.5 Å². The molecule has 0 spiro atoms. The van der Waals surface area contributed by atoms with E-state index in [4.69, 9.17) is 37.0 Å². The smallest absolute Gasteiger partial charge is 0.462 e. The van der Waals surface area contributed by atoms with Crippen molar-refractivity contribution in [1.82, 2.24) is 0 Å². The standard InChI is InChI=1S/C74H144O17P2/c1-6-9-12-15-18-21-24-26-27-28-29-30-31-32-33-34-37-40-43-50-55-60-74(79)90-69(63-84-71(76)57-52-47-41-38-36-25-22-19-16-13-10-7-2)65-88-92(80,81)86-61-68(75)62-87-93(82,83)89-66-70(64-85-72(77)58-53-48-45-44-46-51-56-67(4)5)91-73(78)59-54-49-42-39-35-23-20-17-14-11-8-3/h67-70,75H,6-66H2,1-5H3,(H,80,81)(H,82,83)/t68-,69-,70-/m1/s1. The third-order valence-electron chi connectivity index (χ3n) is 17.3. The minimum Gasteiger partial charge on any atom is -0.462 e. The van der Waals surface area contributed by atoms with Gasteiger partial charge in [-0.2, -0.15) is 0 Å². The number of carbonyl (C=O) groups is 4. The molecule has 0 saturated carbocycles. The van der Waals surface area contributed by atoms with E-state index in [0.717, 1.165) is 96.3 Å². The van der Waals surface area contributed by atoms with Crippen LogP contribution < -0.4 is 0 Å². The predicted octanol–water partition coefficient (Wildman–Crippen LogP) is 21.7. The molecule has 0 aromatic carbocycles. The Bertz CT molecular complexity index is 1790. The number of phosphoric ester groups is 2. The molecular formula is C74H144O17P2. The highest BCUT2D eigenvalue weighted by Crippen LogP contribution is 2.45. The molecule has 17 nitrogen and oxygen atoms in total. The van der Waals surface area contributed by atoms with Crippen LogP contribution in [0.2, 0.25) is 0 Å². The minimum atomic E-state index is -4.95. The summed E-state index contributed by atoms with van der Waals surface area (Å²) in [5.74, 6) is -1.44. The van der Waals surface area contributed by atoms with Crippen molar-refractivity contribution in [2.75, 3.05) is 39.6 Å². The van der Waals surface area contributed by atoms with Crippen LogP contribution in [0.15, 0.2) is 0 Å². The van der Waals surface area contributed by atoms with Crippen LogP contribution in [0.3, 0.4) is 0 Å². The number of aliphatic hydroxyl groups is 1. The van der Waals surface area contributed by atoms with Crippen molar-refractivity contribution in [3.05, 3.63) is 0 Å². The SMILES string of the molecule is CCCCCCCCCCCCCCCCCCCCCCCC(=O)O[C@H](COC(=O)CCCCCCCCCCCCCC)COP(=O)(O)OC[C@@H](O)COP(=O)(O)OC[C@@H](COC(=O)CCCCCCCCC(C)C)OC(=O)CCCCCCCCCCCCC. The lowest BCUT2D eigenvalue weighted by Gasteiger charge is -2.21. The lowest BCUT2D eigenvalue weighted by Crippen LogP contribution is -2.30. The van der Waals surface area contributed by atoms with E-state index in [1.54, 1.807) is 0 Å². The summed E-state index contributed by atoms with van der Waals surface area (Å²) in [6.45, 7) is 7.18. The maximum Gasteiger partial charge on any atom is 0.472 e. The van der Waals surface area contributed by atoms with Crippen LogP contribution in [-0.2, 0) is 65.4 Å². The van der Waals surface area contributed by atoms with E-state index in [9.17, 15) is 43.2 Å². The van der Waals surface area contributed by atoms with Crippen molar-refractivity contribution in [2.45, 2.75) is 406 Å². The first-order valence-corrected chi connectivity index (χ1v) is 41.6. The second-order valence-corrected chi connectivity index (χ2v) is 30.1. The number of unbranched alkanes of at least 4 members (excludes halogenated alkanes) is 46. The third kappa shape index (κ3) is 68.4. The predicted molar refractivity (Wildman–Crippen MR) is 377 cm³/mol. The van der Waals surface area contributed by atoms with Gasteiger partial charge in [0.05, 0.1) is 26.4 Å². The number of rotatable bonds is 74. The number of aliphatic hydroxyl groups excluding tert-OH is 1. The van der Waals surface area contributed by atoms with Crippen LogP contribution in [0.1, 0.15) is 388 Å². The number of phosphoric acid groups is 2. The van der Waals surface area contributed by atoms with Gasteiger partial charge in [-0.15, -0.1) is 0 Å². The zero-order valence-electron chi connectivity index (χ0n) is 60.4. The second-order valence-electron chi connectivity index (χ2n) is 27.2. The van der Waals surface area contributed by atoms with E-state index in [1.807, 2.05) is 0 Å². The summed E-state index contributed by atoms with van der Waals surface area (Å²) in [6, 6.07) is 0. The van der Waals surface area contributed by atoms with Crippen molar-refractivity contribution in [2.24, 2.45) is 5.92 Å². The molecule has 0 fully saturated rings. The molecule has 552 valence electrons. The summed E-state index contributed by atoms with van der Waals surface area (Å²) in [7, 11) is -9.90. The Labute approximate surface area is 568 Å². The van der Waals surface area contributed by atoms with Crippen molar-refractivity contribution in [1.29, 1.82) is 0 Å². The van der Waals surface area contributed by atoms with Crippen LogP contribution in [0.5, 0.6) is 0 Å². The fraction of sp³-hybridized carbons (Fsp3) is 0.946. The molecule has 0 aromatic rings. The summed E-state index contributed by atoms with van der Waals surface area (Å²) < 4.78 is 68.4. The molecule has 0 saturated heterocycles. The first kappa shape index (κ1) is 91.1. The van der Waals surface area contributed by atoms with Gasteiger partial charge in [-0.25, -0.2) is 9.13 Å². The molecular weight excluding hydrogens is 1220 g/mol. The Kier molecular flexibility index (Phi) is 65.9. The Morgan fingerprint density at radius 2 is 0.495 bits per heavy atom. The highest BCUT2D eigenvalue weighted by atomic mass is 31.2. The van der Waals surface area contributed by atoms with Gasteiger partial charge in [0.2, 0.25) is 0 Å². The number of hydrogen-bond donors (Lipinski definition) is 3. The van der Waals surface area contributed by atoms with Gasteiger partial charge in [0.15, 0.2) is 12.2 Å². The Hall–Kier alpha value is -1.94. The molecule has 0 rings (SSSR count). The molecule has 0 aliphatic heterocycles. The van der Waals surface area contributed by atoms with E-state index in [0.29, 0.717) is 31.6 Å². The molecule has 0 aliphatic rings. The molecule has 0 radical (unpaired) electrons. The zero-order chi connectivity index (χ0) is 68.4. The fourth-order valence-electron chi connectivity index (χ4n) is 11.4. The van der Waals surface area contributed by atoms with E-state index in [1.165, 1.54) is 205 Å². The maximum atomic E-state index is 13.1. The summed E-state index contributed by atoms with van der Waals surface area (Å²) in [4.78, 5) is 72.6. The van der Waals surface area contributed by atoms with E-state index in [-0.39, 0.29) is 25.7 Å². The first-order chi connectivity index (χ1) is 45.0. The van der Waals surface area contributed by atoms with Crippen LogP contribution in [0, 0.1) is 5.92 Å². The molecule has 93 heavy (non-hydrogen) atoms. The minimum absolute atomic E-state index is 0.106. The average molecular weight is 1370 g/mol. The largest absolute Gasteiger partial charge is 0.472 e. The molecule has 0 bridgehead atoms. The van der Waals surface area contributed by atoms with Gasteiger partial charge in [-0.1, -0.05) is 336 Å². The fourth-order valence-corrected chi connectivity index (χ4v) is 12.9. The van der Waals surface area contributed by atoms with Crippen LogP contribution >= 0.6 is 15.6 Å². The van der Waals surface area contributed by atoms with Crippen molar-refractivity contribution in [3.8, 4) is 0 Å². The Balaban J connectivity index is 5.17. The molecule has 0 aliphatic carbocycles. The van der Waals surface area contributed by atoms with E-state index in [2.05, 4.69) is 34.6 Å². The number of carbonyl (C=O) groups excluding carboxylic acids is 4. The third-order valence-corrected chi connectivity index (χ3v) is 19.2. The van der Waals surface area contributed by atoms with Crippen LogP contribution in [-0.4, -0.2) is 96.7 Å². The van der Waals surface area contributed by atoms with E-state index >= 15 is 0 Å². The lowest BCUT2D eigenvalue weighted by atomic mass is 10.0. The number of hydrogen-bond acceptors (Lipinski definition) is 15. The molecule has 0 heterocycles. The monoisotopic (exact) mass is 1370 g/mol. The highest BCUT2D eigenvalue weighted by molar-refractivity contribution is 7.47. The summed E-state index contributed by atoms with van der Waals surface area (Å²) >= 11 is 0. The Morgan fingerprint density at radius 3 is 0.731 bits per heavy atom. The summed E-state index contributed by atoms with van der Waals surface area (Å²) in [5, 5.41) is 10.6. The summed E-state index contributed by atoms with van der Waals surface area (Å²) in [6.07, 6.45) is 55.7. The average Bonchev–Trinajstić information content (AvgIpc) is 1.86. The molecule has 3 N–H and O–H groups in total. The van der Waals surface area contributed by atoms with Crippen molar-refractivity contribution < 1.29 is 80.2 Å². The van der Waals surface area contributed by atoms with Gasteiger partial charge in [0.25, 0.3) is 0 Å². The first-order valence-electron chi connectivity index (χ1n) is 38.6. The van der Waals surface area contributed by atoms with Gasteiger partial charge in [-0.3, -0.25) is 37.3 Å². The van der Waals surface area contributed by atoms with Crippen molar-refractivity contribution in [3.63, 3.8) is 0 Å². The number of esters is 4. The lowest BCUT2D eigenvalue weighted by molar-refractivity contribution is -0.161. The Morgan fingerprint density at radius 1 is 0.290 bits per heavy atom. The second kappa shape index (κ2) is 67.3. The molecule has 19 heteroatoms. The van der Waals surface area contributed by atoms with Gasteiger partial charge < -0.3 is 33.8 Å². The highest BCUT2D eigenvalue weighted by Gasteiger charge is 2.30. The van der Waals surface area contributed by atoms with Gasteiger partial charge >= 0.3 is 39.5 Å². The summed E-state index contributed by atoms with van der Waals surface area (Å²) in [5.41, 5.74) is 0. The number of ether oxygens (including phenoxy) is 4. The van der Waals surface area contributed by atoms with Gasteiger partial charge in [0.1, 0.15) is 19.3 Å². The topological polar surface area (TPSA) is 237 Å². The van der Waals surface area contributed by atoms with Crippen LogP contribution in [0.4, 0.5) is 0 Å². The quantitative estimate of drug-likeness (QED) is 0.0222. The maximum absolute atomic E-state index is 13.1. The molecule has 5 atom stereocenters. The van der Waals surface area contributed by atoms with Gasteiger partial charge in [0, 0.05) is 25.7 Å². The van der Waals surface area contributed by atoms with Crippen molar-refractivity contribution >= 4 is 39.5 Å². The normalized spacial score (nSPS) is 14.0. The molecule has 2 unspecified atom stereocenters. The van der Waals surface area contributed by atoms with Gasteiger partial charge in [-0.05, 0) is 31.6 Å². The molecule has 0 amide bonds. The zero-order valence-corrected chi connectivity index (χ0v) is 62.2.